The number of nitrogens with one attached hydrogen (secondary N) is 1. The van der Waals surface area contributed by atoms with Gasteiger partial charge in [-0.2, -0.15) is 0 Å². The van der Waals surface area contributed by atoms with E-state index in [-0.39, 0.29) is 0 Å². The van der Waals surface area contributed by atoms with Crippen molar-refractivity contribution in [2.75, 3.05) is 6.54 Å². The molecule has 2 aromatic heterocycles. The second kappa shape index (κ2) is 5.95. The van der Waals surface area contributed by atoms with Crippen molar-refractivity contribution in [1.82, 2.24) is 10.3 Å². The molecule has 1 unspecified atom stereocenters. The van der Waals surface area contributed by atoms with Gasteiger partial charge in [0.05, 0.1) is 9.22 Å². The van der Waals surface area contributed by atoms with Crippen molar-refractivity contribution in [3.05, 3.63) is 33.1 Å². The van der Waals surface area contributed by atoms with Crippen LogP contribution in [0, 0.1) is 6.92 Å². The van der Waals surface area contributed by atoms with Crippen molar-refractivity contribution in [1.29, 1.82) is 0 Å². The van der Waals surface area contributed by atoms with Gasteiger partial charge in [-0.3, -0.25) is 0 Å². The Labute approximate surface area is 126 Å². The van der Waals surface area contributed by atoms with Gasteiger partial charge in [0.2, 0.25) is 0 Å². The van der Waals surface area contributed by atoms with E-state index in [9.17, 15) is 0 Å². The molecule has 5 heteroatoms. The van der Waals surface area contributed by atoms with E-state index in [2.05, 4.69) is 41.0 Å². The average molecular weight is 311 g/mol. The summed E-state index contributed by atoms with van der Waals surface area (Å²) < 4.78 is 1.50. The van der Waals surface area contributed by atoms with Crippen LogP contribution in [-0.4, -0.2) is 16.8 Å². The van der Waals surface area contributed by atoms with Gasteiger partial charge < -0.3 is 5.32 Å². The summed E-state index contributed by atoms with van der Waals surface area (Å²) in [7, 11) is 0. The van der Waals surface area contributed by atoms with Crippen LogP contribution in [0.25, 0.3) is 0 Å². The SMILES string of the molecule is Cc1csc(CCNC2C[C@H](C)Sc3sccc32)n1. The van der Waals surface area contributed by atoms with E-state index in [1.54, 1.807) is 11.3 Å². The average Bonchev–Trinajstić information content (AvgIpc) is 2.98. The molecule has 0 aromatic carbocycles. The lowest BCUT2D eigenvalue weighted by molar-refractivity contribution is 0.492. The molecule has 0 saturated carbocycles. The molecule has 3 heterocycles. The minimum absolute atomic E-state index is 0.526. The fourth-order valence-electron chi connectivity index (χ4n) is 2.41. The van der Waals surface area contributed by atoms with Gasteiger partial charge >= 0.3 is 0 Å². The number of hydrogen-bond donors (Lipinski definition) is 1. The van der Waals surface area contributed by atoms with E-state index in [4.69, 9.17) is 0 Å². The normalized spacial score (nSPS) is 22.4. The quantitative estimate of drug-likeness (QED) is 0.913. The molecule has 2 aromatic rings. The molecule has 1 aliphatic rings. The maximum Gasteiger partial charge on any atom is 0.0940 e. The first-order valence-corrected chi connectivity index (χ1v) is 9.24. The zero-order valence-corrected chi connectivity index (χ0v) is 13.6. The second-order valence-electron chi connectivity index (χ2n) is 4.97. The number of fused-ring (bicyclic) bond motifs is 1. The fourth-order valence-corrected chi connectivity index (χ4v) is 5.76. The Morgan fingerprint density at radius 3 is 3.11 bits per heavy atom. The lowest BCUT2D eigenvalue weighted by Crippen LogP contribution is -2.28. The largest absolute Gasteiger partial charge is 0.309 e. The first kappa shape index (κ1) is 13.6. The monoisotopic (exact) mass is 310 g/mol. The van der Waals surface area contributed by atoms with Crippen LogP contribution in [0.2, 0.25) is 0 Å². The number of aromatic nitrogens is 1. The molecule has 19 heavy (non-hydrogen) atoms. The smallest absolute Gasteiger partial charge is 0.0940 e. The number of hydrogen-bond acceptors (Lipinski definition) is 5. The predicted molar refractivity (Wildman–Crippen MR) is 85.6 cm³/mol. The van der Waals surface area contributed by atoms with Gasteiger partial charge in [-0.15, -0.1) is 34.4 Å². The highest BCUT2D eigenvalue weighted by atomic mass is 32.2. The van der Waals surface area contributed by atoms with Gasteiger partial charge in [0.25, 0.3) is 0 Å². The number of rotatable bonds is 4. The van der Waals surface area contributed by atoms with Crippen LogP contribution in [0.4, 0.5) is 0 Å². The van der Waals surface area contributed by atoms with Gasteiger partial charge in [0, 0.05) is 35.3 Å². The highest BCUT2D eigenvalue weighted by molar-refractivity contribution is 8.01. The number of thiophene rings is 1. The Balaban J connectivity index is 1.59. The minimum atomic E-state index is 0.526. The van der Waals surface area contributed by atoms with Crippen LogP contribution in [0.1, 0.15) is 35.7 Å². The fraction of sp³-hybridized carbons (Fsp3) is 0.500. The maximum atomic E-state index is 4.52. The Morgan fingerprint density at radius 1 is 1.42 bits per heavy atom. The summed E-state index contributed by atoms with van der Waals surface area (Å²) >= 11 is 5.67. The highest BCUT2D eigenvalue weighted by Gasteiger charge is 2.25. The molecule has 102 valence electrons. The molecule has 0 fully saturated rings. The molecule has 3 rings (SSSR count). The summed E-state index contributed by atoms with van der Waals surface area (Å²) in [5.74, 6) is 0. The van der Waals surface area contributed by atoms with Crippen molar-refractivity contribution >= 4 is 34.4 Å². The molecule has 2 nitrogen and oxygen atoms in total. The van der Waals surface area contributed by atoms with E-state index >= 15 is 0 Å². The van der Waals surface area contributed by atoms with E-state index < -0.39 is 0 Å². The van der Waals surface area contributed by atoms with Crippen molar-refractivity contribution in [3.8, 4) is 0 Å². The third kappa shape index (κ3) is 3.21. The van der Waals surface area contributed by atoms with Crippen LogP contribution in [0.15, 0.2) is 21.0 Å². The first-order valence-electron chi connectivity index (χ1n) is 6.61. The summed E-state index contributed by atoms with van der Waals surface area (Å²) in [6, 6.07) is 2.81. The van der Waals surface area contributed by atoms with E-state index in [1.165, 1.54) is 21.2 Å². The van der Waals surface area contributed by atoms with Gasteiger partial charge in [-0.05, 0) is 30.4 Å². The van der Waals surface area contributed by atoms with Gasteiger partial charge in [0.1, 0.15) is 0 Å². The molecule has 0 spiro atoms. The predicted octanol–water partition coefficient (Wildman–Crippen LogP) is 4.27. The molecule has 0 saturated heterocycles. The molecule has 0 bridgehead atoms. The summed E-state index contributed by atoms with van der Waals surface area (Å²) in [6.07, 6.45) is 2.27. The first-order chi connectivity index (χ1) is 9.22. The second-order valence-corrected chi connectivity index (χ2v) is 8.53. The Morgan fingerprint density at radius 2 is 2.32 bits per heavy atom. The molecule has 1 aliphatic heterocycles. The van der Waals surface area contributed by atoms with Crippen molar-refractivity contribution in [2.45, 2.75) is 42.2 Å². The number of nitrogens with zero attached hydrogens (tertiary/aromatic N) is 1. The molecular formula is C14H18N2S3. The molecule has 0 radical (unpaired) electrons. The summed E-state index contributed by atoms with van der Waals surface area (Å²) in [5.41, 5.74) is 2.64. The van der Waals surface area contributed by atoms with Gasteiger partial charge in [-0.25, -0.2) is 4.98 Å². The number of aryl methyl sites for hydroxylation is 1. The van der Waals surface area contributed by atoms with Crippen LogP contribution in [-0.2, 0) is 6.42 Å². The van der Waals surface area contributed by atoms with Crippen LogP contribution < -0.4 is 5.32 Å². The Bertz CT molecular complexity index is 546. The topological polar surface area (TPSA) is 24.9 Å². The lowest BCUT2D eigenvalue weighted by Gasteiger charge is -2.27. The van der Waals surface area contributed by atoms with E-state index in [1.807, 2.05) is 23.1 Å². The third-order valence-electron chi connectivity index (χ3n) is 3.31. The van der Waals surface area contributed by atoms with Crippen LogP contribution >= 0.6 is 34.4 Å². The van der Waals surface area contributed by atoms with E-state index in [0.29, 0.717) is 11.3 Å². The zero-order chi connectivity index (χ0) is 13.2. The summed E-state index contributed by atoms with van der Waals surface area (Å²) in [6.45, 7) is 5.40. The van der Waals surface area contributed by atoms with Gasteiger partial charge in [0.15, 0.2) is 0 Å². The summed E-state index contributed by atoms with van der Waals surface area (Å²) in [5, 5.41) is 10.0. The number of thioether (sulfide) groups is 1. The zero-order valence-electron chi connectivity index (χ0n) is 11.2. The maximum absolute atomic E-state index is 4.52. The standard InChI is InChI=1S/C14H18N2S3/c1-9-8-18-13(16-9)3-5-15-12-7-10(2)19-14-11(12)4-6-17-14/h4,6,8,10,12,15H,3,5,7H2,1-2H3/t10-,12?/m0/s1. The van der Waals surface area contributed by atoms with Crippen molar-refractivity contribution in [3.63, 3.8) is 0 Å². The van der Waals surface area contributed by atoms with E-state index in [0.717, 1.165) is 18.7 Å². The molecule has 1 N–H and O–H groups in total. The Hall–Kier alpha value is -0.360. The number of thiazole rings is 1. The molecule has 2 atom stereocenters. The highest BCUT2D eigenvalue weighted by Crippen LogP contribution is 2.43. The Kier molecular flexibility index (Phi) is 4.27. The van der Waals surface area contributed by atoms with Gasteiger partial charge in [-0.1, -0.05) is 6.92 Å². The third-order valence-corrected chi connectivity index (χ3v) is 6.68. The lowest BCUT2D eigenvalue weighted by atomic mass is 10.0. The van der Waals surface area contributed by atoms with Crippen LogP contribution in [0.3, 0.4) is 0 Å². The van der Waals surface area contributed by atoms with Crippen molar-refractivity contribution < 1.29 is 0 Å². The minimum Gasteiger partial charge on any atom is -0.309 e. The van der Waals surface area contributed by atoms with Crippen LogP contribution in [0.5, 0.6) is 0 Å². The van der Waals surface area contributed by atoms with Crippen molar-refractivity contribution in [2.24, 2.45) is 0 Å². The summed E-state index contributed by atoms with van der Waals surface area (Å²) in [4.78, 5) is 4.52. The molecular weight excluding hydrogens is 292 g/mol. The molecule has 0 aliphatic carbocycles. The molecule has 0 amide bonds.